The molecule has 0 unspecified atom stereocenters. The zero-order chi connectivity index (χ0) is 17.4. The van der Waals surface area contributed by atoms with Crippen LogP contribution in [0, 0.1) is 5.92 Å². The fraction of sp³-hybridized carbons (Fsp3) is 0.579. The first kappa shape index (κ1) is 18.3. The summed E-state index contributed by atoms with van der Waals surface area (Å²) >= 11 is 0. The summed E-state index contributed by atoms with van der Waals surface area (Å²) in [6, 6.07) is 7.44. The smallest absolute Gasteiger partial charge is 0.321 e. The molecule has 1 saturated heterocycles. The molecule has 1 aromatic rings. The molecular weight excluding hydrogens is 302 g/mol. The molecule has 3 amide bonds. The van der Waals surface area contributed by atoms with Gasteiger partial charge in [-0.25, -0.2) is 4.79 Å². The number of benzene rings is 1. The lowest BCUT2D eigenvalue weighted by molar-refractivity contribution is -0.119. The molecule has 132 valence electrons. The largest absolute Gasteiger partial charge is 0.359 e. The molecule has 1 fully saturated rings. The number of nitrogens with one attached hydrogen (secondary N) is 2. The minimum absolute atomic E-state index is 0.0588. The van der Waals surface area contributed by atoms with E-state index in [1.165, 1.54) is 19.3 Å². The first-order valence-corrected chi connectivity index (χ1v) is 8.98. The van der Waals surface area contributed by atoms with E-state index in [4.69, 9.17) is 0 Å². The third-order valence-corrected chi connectivity index (χ3v) is 4.72. The van der Waals surface area contributed by atoms with Gasteiger partial charge < -0.3 is 15.5 Å². The molecule has 1 aromatic carbocycles. The Kier molecular flexibility index (Phi) is 7.09. The second-order valence-electron chi connectivity index (χ2n) is 6.51. The monoisotopic (exact) mass is 331 g/mol. The number of carbonyl (C=O) groups is 2. The number of rotatable bonds is 5. The van der Waals surface area contributed by atoms with Gasteiger partial charge in [0, 0.05) is 25.8 Å². The van der Waals surface area contributed by atoms with Crippen molar-refractivity contribution in [2.24, 2.45) is 5.92 Å². The first-order valence-electron chi connectivity index (χ1n) is 8.98. The van der Waals surface area contributed by atoms with Gasteiger partial charge in [-0.1, -0.05) is 38.0 Å². The SMILES string of the molecule is CCC[C@H]1CCCN(C(=O)Nc2ccccc2CC(=O)NC)CC1. The molecule has 0 saturated carbocycles. The second-order valence-corrected chi connectivity index (χ2v) is 6.51. The molecule has 5 heteroatoms. The average Bonchev–Trinajstić information content (AvgIpc) is 2.82. The van der Waals surface area contributed by atoms with Gasteiger partial charge in [-0.15, -0.1) is 0 Å². The standard InChI is InChI=1S/C19H29N3O2/c1-3-7-15-8-6-12-22(13-11-15)19(24)21-17-10-5-4-9-16(17)14-18(23)20-2/h4-5,9-10,15H,3,6-8,11-14H2,1-2H3,(H,20,23)(H,21,24)/t15-/m0/s1. The highest BCUT2D eigenvalue weighted by Crippen LogP contribution is 2.23. The Bertz CT molecular complexity index is 559. The molecule has 2 rings (SSSR count). The third kappa shape index (κ3) is 5.25. The number of carbonyl (C=O) groups excluding carboxylic acids is 2. The fourth-order valence-corrected chi connectivity index (χ4v) is 3.32. The van der Waals surface area contributed by atoms with Crippen molar-refractivity contribution in [3.8, 4) is 0 Å². The predicted molar refractivity (Wildman–Crippen MR) is 97.1 cm³/mol. The summed E-state index contributed by atoms with van der Waals surface area (Å²) in [7, 11) is 1.62. The summed E-state index contributed by atoms with van der Waals surface area (Å²) in [4.78, 5) is 26.1. The van der Waals surface area contributed by atoms with E-state index in [2.05, 4.69) is 17.6 Å². The van der Waals surface area contributed by atoms with Gasteiger partial charge in [0.05, 0.1) is 6.42 Å². The summed E-state index contributed by atoms with van der Waals surface area (Å²) in [6.07, 6.45) is 6.10. The first-order chi connectivity index (χ1) is 11.6. The van der Waals surface area contributed by atoms with Gasteiger partial charge in [0.2, 0.25) is 5.91 Å². The minimum Gasteiger partial charge on any atom is -0.359 e. The van der Waals surface area contributed by atoms with Crippen molar-refractivity contribution in [3.63, 3.8) is 0 Å². The summed E-state index contributed by atoms with van der Waals surface area (Å²) in [5.41, 5.74) is 1.56. The molecule has 24 heavy (non-hydrogen) atoms. The van der Waals surface area contributed by atoms with Crippen LogP contribution in [0.1, 0.15) is 44.6 Å². The van der Waals surface area contributed by atoms with Crippen molar-refractivity contribution >= 4 is 17.6 Å². The molecule has 0 bridgehead atoms. The van der Waals surface area contributed by atoms with Crippen LogP contribution in [0.3, 0.4) is 0 Å². The van der Waals surface area contributed by atoms with E-state index in [1.54, 1.807) is 7.05 Å². The number of amides is 3. The van der Waals surface area contributed by atoms with E-state index in [9.17, 15) is 9.59 Å². The van der Waals surface area contributed by atoms with Crippen LogP contribution in [-0.2, 0) is 11.2 Å². The second kappa shape index (κ2) is 9.30. The zero-order valence-electron chi connectivity index (χ0n) is 14.8. The van der Waals surface area contributed by atoms with Gasteiger partial charge in [-0.3, -0.25) is 4.79 Å². The van der Waals surface area contributed by atoms with Gasteiger partial charge in [0.15, 0.2) is 0 Å². The van der Waals surface area contributed by atoms with Gasteiger partial charge in [-0.2, -0.15) is 0 Å². The van der Waals surface area contributed by atoms with E-state index in [-0.39, 0.29) is 18.4 Å². The number of anilines is 1. The molecule has 1 heterocycles. The van der Waals surface area contributed by atoms with E-state index >= 15 is 0 Å². The van der Waals surface area contributed by atoms with Gasteiger partial charge in [-0.05, 0) is 36.8 Å². The van der Waals surface area contributed by atoms with Crippen molar-refractivity contribution in [3.05, 3.63) is 29.8 Å². The summed E-state index contributed by atoms with van der Waals surface area (Å²) in [6.45, 7) is 3.84. The van der Waals surface area contributed by atoms with Crippen molar-refractivity contribution in [1.82, 2.24) is 10.2 Å². The molecule has 1 aliphatic rings. The topological polar surface area (TPSA) is 61.4 Å². The molecule has 1 aliphatic heterocycles. The lowest BCUT2D eigenvalue weighted by Gasteiger charge is -2.22. The summed E-state index contributed by atoms with van der Waals surface area (Å²) < 4.78 is 0. The molecule has 5 nitrogen and oxygen atoms in total. The number of hydrogen-bond donors (Lipinski definition) is 2. The van der Waals surface area contributed by atoms with Crippen LogP contribution in [0.15, 0.2) is 24.3 Å². The molecule has 2 N–H and O–H groups in total. The average molecular weight is 331 g/mol. The maximum Gasteiger partial charge on any atom is 0.321 e. The summed E-state index contributed by atoms with van der Waals surface area (Å²) in [5, 5.41) is 5.61. The molecule has 0 aliphatic carbocycles. The number of nitrogens with zero attached hydrogens (tertiary/aromatic N) is 1. The number of hydrogen-bond acceptors (Lipinski definition) is 2. The lowest BCUT2D eigenvalue weighted by Crippen LogP contribution is -2.36. The highest BCUT2D eigenvalue weighted by Gasteiger charge is 2.21. The van der Waals surface area contributed by atoms with E-state index in [0.29, 0.717) is 0 Å². The van der Waals surface area contributed by atoms with Crippen LogP contribution in [-0.4, -0.2) is 37.0 Å². The van der Waals surface area contributed by atoms with Crippen LogP contribution < -0.4 is 10.6 Å². The van der Waals surface area contributed by atoms with Crippen molar-refractivity contribution in [2.75, 3.05) is 25.5 Å². The Morgan fingerprint density at radius 3 is 2.75 bits per heavy atom. The van der Waals surface area contributed by atoms with Crippen LogP contribution in [0.4, 0.5) is 10.5 Å². The van der Waals surface area contributed by atoms with Crippen LogP contribution in [0.25, 0.3) is 0 Å². The minimum atomic E-state index is -0.0612. The van der Waals surface area contributed by atoms with Gasteiger partial charge >= 0.3 is 6.03 Å². The van der Waals surface area contributed by atoms with Crippen molar-refractivity contribution in [1.29, 1.82) is 0 Å². The van der Waals surface area contributed by atoms with Gasteiger partial charge in [0.1, 0.15) is 0 Å². The Morgan fingerprint density at radius 1 is 1.21 bits per heavy atom. The maximum absolute atomic E-state index is 12.6. The Hall–Kier alpha value is -2.04. The zero-order valence-corrected chi connectivity index (χ0v) is 14.8. The Morgan fingerprint density at radius 2 is 2.00 bits per heavy atom. The van der Waals surface area contributed by atoms with Crippen molar-refractivity contribution < 1.29 is 9.59 Å². The fourth-order valence-electron chi connectivity index (χ4n) is 3.32. The van der Waals surface area contributed by atoms with E-state index < -0.39 is 0 Å². The number of likely N-dealkylation sites (tertiary alicyclic amines) is 1. The number of likely N-dealkylation sites (N-methyl/N-ethyl adjacent to an activating group) is 1. The lowest BCUT2D eigenvalue weighted by atomic mass is 9.96. The summed E-state index contributed by atoms with van der Waals surface area (Å²) in [5.74, 6) is 0.683. The number of para-hydroxylation sites is 1. The molecular formula is C19H29N3O2. The molecule has 1 atom stereocenters. The Labute approximate surface area is 144 Å². The molecule has 0 spiro atoms. The van der Waals surface area contributed by atoms with Crippen LogP contribution >= 0.6 is 0 Å². The highest BCUT2D eigenvalue weighted by molar-refractivity contribution is 5.91. The predicted octanol–water partition coefficient (Wildman–Crippen LogP) is 3.41. The third-order valence-electron chi connectivity index (χ3n) is 4.72. The quantitative estimate of drug-likeness (QED) is 0.868. The van der Waals surface area contributed by atoms with E-state index in [1.807, 2.05) is 29.2 Å². The highest BCUT2D eigenvalue weighted by atomic mass is 16.2. The molecule has 0 radical (unpaired) electrons. The van der Waals surface area contributed by atoms with E-state index in [0.717, 1.165) is 43.1 Å². The van der Waals surface area contributed by atoms with Crippen LogP contribution in [0.2, 0.25) is 0 Å². The Balaban J connectivity index is 1.98. The molecule has 0 aromatic heterocycles. The van der Waals surface area contributed by atoms with Gasteiger partial charge in [0.25, 0.3) is 0 Å². The normalized spacial score (nSPS) is 17.9. The number of urea groups is 1. The van der Waals surface area contributed by atoms with Crippen LogP contribution in [0.5, 0.6) is 0 Å². The maximum atomic E-state index is 12.6. The van der Waals surface area contributed by atoms with Crippen molar-refractivity contribution in [2.45, 2.75) is 45.4 Å².